The van der Waals surface area contributed by atoms with Crippen molar-refractivity contribution in [3.8, 4) is 11.5 Å². The van der Waals surface area contributed by atoms with Crippen molar-refractivity contribution in [1.82, 2.24) is 25.4 Å². The number of para-hydroxylation sites is 2. The lowest BCUT2D eigenvalue weighted by molar-refractivity contribution is 0.0935. The molecule has 2 aromatic rings. The predicted octanol–water partition coefficient (Wildman–Crippen LogP) is 1.94. The lowest BCUT2D eigenvalue weighted by Gasteiger charge is -2.27. The highest BCUT2D eigenvalue weighted by Crippen LogP contribution is 2.30. The van der Waals surface area contributed by atoms with Gasteiger partial charge in [0, 0.05) is 13.1 Å². The van der Waals surface area contributed by atoms with Gasteiger partial charge in [0.15, 0.2) is 23.3 Å². The molecule has 150 valence electrons. The Morgan fingerprint density at radius 1 is 1.21 bits per heavy atom. The van der Waals surface area contributed by atoms with E-state index in [1.165, 1.54) is 25.7 Å². The number of aliphatic imine (C=N–C) groups is 1. The predicted molar refractivity (Wildman–Crippen MR) is 107 cm³/mol. The highest BCUT2D eigenvalue weighted by Gasteiger charge is 2.22. The molecule has 1 aromatic carbocycles. The first-order valence-corrected chi connectivity index (χ1v) is 9.97. The summed E-state index contributed by atoms with van der Waals surface area (Å²) in [6.07, 6.45) is 4.83. The fraction of sp³-hybridized carbons (Fsp3) is 0.550. The van der Waals surface area contributed by atoms with E-state index >= 15 is 0 Å². The Morgan fingerprint density at radius 3 is 2.75 bits per heavy atom. The molecule has 1 unspecified atom stereocenters. The first kappa shape index (κ1) is 18.6. The van der Waals surface area contributed by atoms with Gasteiger partial charge >= 0.3 is 0 Å². The number of benzene rings is 1. The number of hydrogen-bond acceptors (Lipinski definition) is 5. The second kappa shape index (κ2) is 8.50. The van der Waals surface area contributed by atoms with Crippen LogP contribution in [0.3, 0.4) is 0 Å². The van der Waals surface area contributed by atoms with Crippen LogP contribution in [0.2, 0.25) is 0 Å². The number of guanidine groups is 1. The van der Waals surface area contributed by atoms with E-state index in [1.807, 2.05) is 42.8 Å². The number of rotatable bonds is 5. The zero-order valence-electron chi connectivity index (χ0n) is 16.5. The molecule has 1 aliphatic heterocycles. The smallest absolute Gasteiger partial charge is 0.192 e. The van der Waals surface area contributed by atoms with Crippen LogP contribution in [0.1, 0.15) is 37.3 Å². The van der Waals surface area contributed by atoms with E-state index in [4.69, 9.17) is 14.5 Å². The minimum absolute atomic E-state index is 0.0671. The Balaban J connectivity index is 1.39. The summed E-state index contributed by atoms with van der Waals surface area (Å²) in [5.41, 5.74) is 0. The maximum absolute atomic E-state index is 6.04. The summed E-state index contributed by atoms with van der Waals surface area (Å²) in [7, 11) is 1.96. The van der Waals surface area contributed by atoms with Gasteiger partial charge in [0.1, 0.15) is 25.1 Å². The molecule has 2 aliphatic rings. The summed E-state index contributed by atoms with van der Waals surface area (Å²) in [6, 6.07) is 8.23. The third-order valence-corrected chi connectivity index (χ3v) is 5.32. The Kier molecular flexibility index (Phi) is 5.64. The van der Waals surface area contributed by atoms with E-state index in [0.717, 1.165) is 29.1 Å². The number of nitrogens with one attached hydrogen (secondary N) is 2. The van der Waals surface area contributed by atoms with Gasteiger partial charge in [0.25, 0.3) is 0 Å². The molecular formula is C20H28N6O2. The standard InChI is InChI=1S/C20H28N6O2/c1-14-24-25-19(26(14)2)12-22-20(23-15-7-3-4-8-15)21-11-16-13-27-17-9-5-6-10-18(17)28-16/h5-6,9-10,15-16H,3-4,7-8,11-13H2,1-2H3,(H2,21,22,23). The molecule has 0 amide bonds. The molecule has 2 heterocycles. The van der Waals surface area contributed by atoms with E-state index in [2.05, 4.69) is 20.8 Å². The Morgan fingerprint density at radius 2 is 2.00 bits per heavy atom. The van der Waals surface area contributed by atoms with E-state index in [9.17, 15) is 0 Å². The van der Waals surface area contributed by atoms with Crippen molar-refractivity contribution in [2.45, 2.75) is 51.3 Å². The van der Waals surface area contributed by atoms with Crippen molar-refractivity contribution in [2.24, 2.45) is 12.0 Å². The first-order chi connectivity index (χ1) is 13.7. The molecule has 1 aromatic heterocycles. The average Bonchev–Trinajstić information content (AvgIpc) is 3.34. The SMILES string of the molecule is Cc1nnc(CN=C(NCC2COc3ccccc3O2)NC2CCCC2)n1C. The molecule has 28 heavy (non-hydrogen) atoms. The van der Waals surface area contributed by atoms with Crippen molar-refractivity contribution in [3.63, 3.8) is 0 Å². The van der Waals surface area contributed by atoms with E-state index in [0.29, 0.717) is 25.7 Å². The van der Waals surface area contributed by atoms with Crippen LogP contribution < -0.4 is 20.1 Å². The maximum Gasteiger partial charge on any atom is 0.192 e. The molecule has 0 spiro atoms. The minimum Gasteiger partial charge on any atom is -0.486 e. The number of nitrogens with zero attached hydrogens (tertiary/aromatic N) is 4. The van der Waals surface area contributed by atoms with E-state index in [1.54, 1.807) is 0 Å². The first-order valence-electron chi connectivity index (χ1n) is 9.97. The van der Waals surface area contributed by atoms with Crippen molar-refractivity contribution < 1.29 is 9.47 Å². The Labute approximate surface area is 165 Å². The van der Waals surface area contributed by atoms with Crippen LogP contribution in [0.25, 0.3) is 0 Å². The Bertz CT molecular complexity index is 828. The average molecular weight is 384 g/mol. The van der Waals surface area contributed by atoms with Gasteiger partial charge < -0.3 is 24.7 Å². The minimum atomic E-state index is -0.0671. The Hall–Kier alpha value is -2.77. The molecule has 1 fully saturated rings. The molecule has 1 atom stereocenters. The van der Waals surface area contributed by atoms with Crippen LogP contribution in [0, 0.1) is 6.92 Å². The lowest BCUT2D eigenvalue weighted by atomic mass is 10.2. The van der Waals surface area contributed by atoms with Gasteiger partial charge in [0.2, 0.25) is 0 Å². The van der Waals surface area contributed by atoms with Crippen LogP contribution in [-0.2, 0) is 13.6 Å². The van der Waals surface area contributed by atoms with Crippen molar-refractivity contribution in [2.75, 3.05) is 13.2 Å². The third-order valence-electron chi connectivity index (χ3n) is 5.32. The van der Waals surface area contributed by atoms with Gasteiger partial charge in [-0.1, -0.05) is 25.0 Å². The number of ether oxygens (including phenoxy) is 2. The topological polar surface area (TPSA) is 85.6 Å². The number of aromatic nitrogens is 3. The molecular weight excluding hydrogens is 356 g/mol. The van der Waals surface area contributed by atoms with Crippen LogP contribution in [-0.4, -0.2) is 46.0 Å². The second-order valence-corrected chi connectivity index (χ2v) is 7.39. The van der Waals surface area contributed by atoms with Crippen LogP contribution in [0.15, 0.2) is 29.3 Å². The lowest BCUT2D eigenvalue weighted by Crippen LogP contribution is -2.47. The zero-order valence-corrected chi connectivity index (χ0v) is 16.5. The highest BCUT2D eigenvalue weighted by molar-refractivity contribution is 5.80. The fourth-order valence-corrected chi connectivity index (χ4v) is 3.53. The summed E-state index contributed by atoms with van der Waals surface area (Å²) in [6.45, 7) is 3.55. The van der Waals surface area contributed by atoms with Crippen molar-refractivity contribution in [1.29, 1.82) is 0 Å². The number of aryl methyl sites for hydroxylation is 1. The molecule has 0 saturated heterocycles. The van der Waals surface area contributed by atoms with Gasteiger partial charge in [-0.15, -0.1) is 10.2 Å². The van der Waals surface area contributed by atoms with Gasteiger partial charge in [-0.25, -0.2) is 4.99 Å². The van der Waals surface area contributed by atoms with E-state index in [-0.39, 0.29) is 6.10 Å². The molecule has 1 aliphatic carbocycles. The summed E-state index contributed by atoms with van der Waals surface area (Å²) >= 11 is 0. The molecule has 1 saturated carbocycles. The summed E-state index contributed by atoms with van der Waals surface area (Å²) in [4.78, 5) is 4.74. The largest absolute Gasteiger partial charge is 0.486 e. The summed E-state index contributed by atoms with van der Waals surface area (Å²) in [5, 5.41) is 15.3. The number of fused-ring (bicyclic) bond motifs is 1. The van der Waals surface area contributed by atoms with Crippen LogP contribution in [0.5, 0.6) is 11.5 Å². The maximum atomic E-state index is 6.04. The van der Waals surface area contributed by atoms with Gasteiger partial charge in [-0.2, -0.15) is 0 Å². The fourth-order valence-electron chi connectivity index (χ4n) is 3.53. The summed E-state index contributed by atoms with van der Waals surface area (Å²) in [5.74, 6) is 4.10. The van der Waals surface area contributed by atoms with Crippen molar-refractivity contribution >= 4 is 5.96 Å². The van der Waals surface area contributed by atoms with Crippen LogP contribution in [0.4, 0.5) is 0 Å². The van der Waals surface area contributed by atoms with Gasteiger partial charge in [-0.3, -0.25) is 0 Å². The molecule has 4 rings (SSSR count). The molecule has 8 nitrogen and oxygen atoms in total. The molecule has 0 bridgehead atoms. The highest BCUT2D eigenvalue weighted by atomic mass is 16.6. The number of hydrogen-bond donors (Lipinski definition) is 2. The normalized spacial score (nSPS) is 19.6. The molecule has 8 heteroatoms. The molecule has 0 radical (unpaired) electrons. The molecule has 2 N–H and O–H groups in total. The van der Waals surface area contributed by atoms with Gasteiger partial charge in [-0.05, 0) is 31.9 Å². The monoisotopic (exact) mass is 384 g/mol. The van der Waals surface area contributed by atoms with Gasteiger partial charge in [0.05, 0.1) is 6.54 Å². The quantitative estimate of drug-likeness (QED) is 0.605. The second-order valence-electron chi connectivity index (χ2n) is 7.39. The van der Waals surface area contributed by atoms with Crippen molar-refractivity contribution in [3.05, 3.63) is 35.9 Å². The summed E-state index contributed by atoms with van der Waals surface area (Å²) < 4.78 is 13.8. The third kappa shape index (κ3) is 4.37. The van der Waals surface area contributed by atoms with Crippen LogP contribution >= 0.6 is 0 Å². The van der Waals surface area contributed by atoms with E-state index < -0.39 is 0 Å². The zero-order chi connectivity index (χ0) is 19.3.